The number of carbonyl (C=O) groups is 2. The third kappa shape index (κ3) is 5.55. The maximum atomic E-state index is 12.9. The fraction of sp³-hybridized carbons (Fsp3) is 0.765. The average molecular weight is 385 g/mol. The number of ether oxygens (including phenoxy) is 1. The van der Waals surface area contributed by atoms with Crippen LogP contribution < -0.4 is 10.1 Å². The first-order valence-electron chi connectivity index (χ1n) is 9.18. The number of hydrogen-bond acceptors (Lipinski definition) is 7. The summed E-state index contributed by atoms with van der Waals surface area (Å²) in [6.45, 7) is 7.18. The van der Waals surface area contributed by atoms with E-state index in [9.17, 15) is 14.7 Å². The van der Waals surface area contributed by atoms with Crippen LogP contribution in [0.4, 0.5) is 5.13 Å². The Morgan fingerprint density at radius 1 is 1.46 bits per heavy atom. The molecule has 1 aromatic rings. The predicted octanol–water partition coefficient (Wildman–Crippen LogP) is 2.62. The Bertz CT molecular complexity index is 607. The van der Waals surface area contributed by atoms with Crippen molar-refractivity contribution in [3.63, 3.8) is 0 Å². The van der Waals surface area contributed by atoms with Gasteiger partial charge < -0.3 is 20.1 Å². The van der Waals surface area contributed by atoms with E-state index in [0.717, 1.165) is 24.4 Å². The van der Waals surface area contributed by atoms with Crippen molar-refractivity contribution in [1.29, 1.82) is 0 Å². The maximum absolute atomic E-state index is 12.9. The number of nitrogens with one attached hydrogen (secondary N) is 1. The molecule has 1 fully saturated rings. The molecule has 8 nitrogen and oxygen atoms in total. The van der Waals surface area contributed by atoms with E-state index >= 15 is 0 Å². The van der Waals surface area contributed by atoms with Crippen LogP contribution >= 0.6 is 11.5 Å². The Kier molecular flexibility index (Phi) is 7.62. The smallest absolute Gasteiger partial charge is 0.330 e. The van der Waals surface area contributed by atoms with Gasteiger partial charge in [-0.3, -0.25) is 4.79 Å². The van der Waals surface area contributed by atoms with E-state index in [1.54, 1.807) is 0 Å². The maximum Gasteiger partial charge on any atom is 0.330 e. The van der Waals surface area contributed by atoms with Crippen LogP contribution in [0.2, 0.25) is 0 Å². The van der Waals surface area contributed by atoms with Crippen LogP contribution in [0.1, 0.15) is 52.9 Å². The first-order valence-corrected chi connectivity index (χ1v) is 9.96. The average Bonchev–Trinajstić information content (AvgIpc) is 3.22. The molecule has 0 spiro atoms. The molecule has 0 bridgehead atoms. The predicted molar refractivity (Wildman–Crippen MR) is 99.5 cm³/mol. The molecule has 0 saturated carbocycles. The number of carbonyl (C=O) groups excluding carboxylic acids is 1. The van der Waals surface area contributed by atoms with Crippen LogP contribution in [-0.4, -0.2) is 56.5 Å². The largest absolute Gasteiger partial charge is 0.480 e. The van der Waals surface area contributed by atoms with Crippen molar-refractivity contribution in [2.24, 2.45) is 5.92 Å². The lowest BCUT2D eigenvalue weighted by atomic mass is 10.0. The molecule has 0 unspecified atom stereocenters. The standard InChI is InChI=1S/C17H28N4O4S/c1-4-5-9-25-16-19-17(26-20-16)18-12(10-11(2)3)14(22)21-8-6-7-13(21)15(23)24/h11-13H,4-10H2,1-3H3,(H,23,24)(H,18,19,20)/t12-,13-/m0/s1. The topological polar surface area (TPSA) is 105 Å². The molecule has 0 aliphatic carbocycles. The highest BCUT2D eigenvalue weighted by Crippen LogP contribution is 2.24. The number of carboxylic acids is 1. The number of amides is 1. The fourth-order valence-electron chi connectivity index (χ4n) is 2.96. The number of carboxylic acid groups (broad SMARTS) is 1. The zero-order chi connectivity index (χ0) is 19.1. The van der Waals surface area contributed by atoms with Crippen LogP contribution in [0.3, 0.4) is 0 Å². The number of aliphatic carboxylic acids is 1. The quantitative estimate of drug-likeness (QED) is 0.597. The van der Waals surface area contributed by atoms with Gasteiger partial charge in [-0.15, -0.1) is 4.37 Å². The second kappa shape index (κ2) is 9.70. The van der Waals surface area contributed by atoms with Gasteiger partial charge in [-0.25, -0.2) is 4.79 Å². The van der Waals surface area contributed by atoms with E-state index in [4.69, 9.17) is 4.74 Å². The molecule has 2 atom stereocenters. The molecular formula is C17H28N4O4S. The van der Waals surface area contributed by atoms with Gasteiger partial charge in [-0.05, 0) is 31.6 Å². The minimum absolute atomic E-state index is 0.188. The third-order valence-corrected chi connectivity index (χ3v) is 4.89. The molecule has 26 heavy (non-hydrogen) atoms. The number of nitrogens with zero attached hydrogens (tertiary/aromatic N) is 3. The molecule has 1 aliphatic heterocycles. The normalized spacial score (nSPS) is 18.2. The number of likely N-dealkylation sites (tertiary alicyclic amines) is 1. The number of unbranched alkanes of at least 4 members (excludes halogenated alkanes) is 1. The molecular weight excluding hydrogens is 356 g/mol. The first kappa shape index (κ1) is 20.4. The van der Waals surface area contributed by atoms with E-state index < -0.39 is 18.1 Å². The first-order chi connectivity index (χ1) is 12.4. The molecule has 1 amide bonds. The van der Waals surface area contributed by atoms with Crippen molar-refractivity contribution in [1.82, 2.24) is 14.3 Å². The summed E-state index contributed by atoms with van der Waals surface area (Å²) in [7, 11) is 0. The van der Waals surface area contributed by atoms with Gasteiger partial charge in [-0.1, -0.05) is 27.2 Å². The van der Waals surface area contributed by atoms with Crippen LogP contribution in [0, 0.1) is 5.92 Å². The van der Waals surface area contributed by atoms with Gasteiger partial charge in [-0.2, -0.15) is 4.98 Å². The van der Waals surface area contributed by atoms with Crippen LogP contribution in [-0.2, 0) is 9.59 Å². The Balaban J connectivity index is 2.05. The Morgan fingerprint density at radius 2 is 2.23 bits per heavy atom. The number of rotatable bonds is 10. The molecule has 2 N–H and O–H groups in total. The second-order valence-corrected chi connectivity index (χ2v) is 7.69. The van der Waals surface area contributed by atoms with Crippen molar-refractivity contribution in [2.45, 2.75) is 65.0 Å². The lowest BCUT2D eigenvalue weighted by Gasteiger charge is -2.28. The van der Waals surface area contributed by atoms with E-state index in [1.165, 1.54) is 4.90 Å². The highest BCUT2D eigenvalue weighted by Gasteiger charge is 2.37. The fourth-order valence-corrected chi connectivity index (χ4v) is 3.54. The summed E-state index contributed by atoms with van der Waals surface area (Å²) in [5.74, 6) is -0.857. The molecule has 2 heterocycles. The molecule has 2 rings (SSSR count). The summed E-state index contributed by atoms with van der Waals surface area (Å²) >= 11 is 1.15. The second-order valence-electron chi connectivity index (χ2n) is 6.94. The van der Waals surface area contributed by atoms with Gasteiger partial charge in [0.2, 0.25) is 11.0 Å². The minimum atomic E-state index is -0.943. The van der Waals surface area contributed by atoms with Gasteiger partial charge in [0.1, 0.15) is 12.1 Å². The highest BCUT2D eigenvalue weighted by molar-refractivity contribution is 7.09. The van der Waals surface area contributed by atoms with E-state index in [-0.39, 0.29) is 11.8 Å². The van der Waals surface area contributed by atoms with Crippen molar-refractivity contribution in [3.8, 4) is 6.01 Å². The molecule has 0 radical (unpaired) electrons. The zero-order valence-electron chi connectivity index (χ0n) is 15.6. The van der Waals surface area contributed by atoms with Crippen molar-refractivity contribution in [3.05, 3.63) is 0 Å². The number of aromatic nitrogens is 2. The van der Waals surface area contributed by atoms with Gasteiger partial charge in [0.15, 0.2) is 0 Å². The van der Waals surface area contributed by atoms with Crippen molar-refractivity contribution in [2.75, 3.05) is 18.5 Å². The number of hydrogen-bond donors (Lipinski definition) is 2. The summed E-state index contributed by atoms with van der Waals surface area (Å²) in [5, 5.41) is 13.0. The zero-order valence-corrected chi connectivity index (χ0v) is 16.4. The molecule has 1 saturated heterocycles. The molecule has 1 aromatic heterocycles. The monoisotopic (exact) mass is 384 g/mol. The molecule has 1 aliphatic rings. The van der Waals surface area contributed by atoms with Crippen LogP contribution in [0.15, 0.2) is 0 Å². The highest BCUT2D eigenvalue weighted by atomic mass is 32.1. The van der Waals surface area contributed by atoms with Crippen molar-refractivity contribution < 1.29 is 19.4 Å². The summed E-state index contributed by atoms with van der Waals surface area (Å²) < 4.78 is 9.62. The lowest BCUT2D eigenvalue weighted by Crippen LogP contribution is -2.48. The van der Waals surface area contributed by atoms with Gasteiger partial charge in [0.25, 0.3) is 0 Å². The van der Waals surface area contributed by atoms with Crippen LogP contribution in [0.5, 0.6) is 6.01 Å². The summed E-state index contributed by atoms with van der Waals surface area (Å²) in [6.07, 6.45) is 3.77. The van der Waals surface area contributed by atoms with E-state index in [0.29, 0.717) is 43.6 Å². The van der Waals surface area contributed by atoms with Gasteiger partial charge in [0.05, 0.1) is 6.61 Å². The molecule has 0 aromatic carbocycles. The van der Waals surface area contributed by atoms with E-state index in [1.807, 2.05) is 13.8 Å². The number of anilines is 1. The summed E-state index contributed by atoms with van der Waals surface area (Å²) in [4.78, 5) is 30.1. The minimum Gasteiger partial charge on any atom is -0.480 e. The van der Waals surface area contributed by atoms with Crippen LogP contribution in [0.25, 0.3) is 0 Å². The Labute approximate surface area is 158 Å². The summed E-state index contributed by atoms with van der Waals surface area (Å²) in [6, 6.07) is -0.945. The SMILES string of the molecule is CCCCOc1nsc(N[C@@H](CC(C)C)C(=O)N2CCC[C@H]2C(=O)O)n1. The van der Waals surface area contributed by atoms with E-state index in [2.05, 4.69) is 21.6 Å². The Hall–Kier alpha value is -1.90. The molecule has 9 heteroatoms. The lowest BCUT2D eigenvalue weighted by molar-refractivity contribution is -0.148. The van der Waals surface area contributed by atoms with Gasteiger partial charge >= 0.3 is 12.0 Å². The third-order valence-electron chi connectivity index (χ3n) is 4.26. The molecule has 146 valence electrons. The summed E-state index contributed by atoms with van der Waals surface area (Å²) in [5.41, 5.74) is 0. The van der Waals surface area contributed by atoms with Crippen molar-refractivity contribution >= 4 is 28.5 Å². The Morgan fingerprint density at radius 3 is 2.88 bits per heavy atom. The van der Waals surface area contributed by atoms with Gasteiger partial charge in [0, 0.05) is 18.1 Å².